The van der Waals surface area contributed by atoms with Gasteiger partial charge in [0.15, 0.2) is 9.34 Å². The standard InChI is InChI=1S/C12H12F3N3O3S2/c1-21-8-3-2-7(9(4-8)12(13,14)15)5-17-11-18-6-10(22-11)23(16,19)20/h2-4,6H,5H2,1H3,(H,17,18)(H2,16,19,20). The Balaban J connectivity index is 2.22. The lowest BCUT2D eigenvalue weighted by atomic mass is 10.1. The normalized spacial score (nSPS) is 12.2. The van der Waals surface area contributed by atoms with Gasteiger partial charge in [-0.25, -0.2) is 18.5 Å². The molecular formula is C12H12F3N3O3S2. The second kappa shape index (κ2) is 6.34. The SMILES string of the molecule is COc1ccc(CNc2ncc(S(N)(=O)=O)s2)c(C(F)(F)F)c1. The highest BCUT2D eigenvalue weighted by atomic mass is 32.2. The quantitative estimate of drug-likeness (QED) is 0.846. The maximum atomic E-state index is 13.1. The molecule has 23 heavy (non-hydrogen) atoms. The van der Waals surface area contributed by atoms with Crippen molar-refractivity contribution in [3.63, 3.8) is 0 Å². The maximum absolute atomic E-state index is 13.1. The highest BCUT2D eigenvalue weighted by molar-refractivity contribution is 7.91. The number of anilines is 1. The molecule has 0 bridgehead atoms. The van der Waals surface area contributed by atoms with Crippen molar-refractivity contribution in [1.82, 2.24) is 4.98 Å². The first-order valence-corrected chi connectivity index (χ1v) is 8.44. The van der Waals surface area contributed by atoms with Gasteiger partial charge in [0.1, 0.15) is 5.75 Å². The molecule has 0 aliphatic carbocycles. The van der Waals surface area contributed by atoms with Crippen LogP contribution in [0.1, 0.15) is 11.1 Å². The number of alkyl halides is 3. The second-order valence-electron chi connectivity index (χ2n) is 4.40. The van der Waals surface area contributed by atoms with E-state index in [4.69, 9.17) is 9.88 Å². The lowest BCUT2D eigenvalue weighted by Crippen LogP contribution is -2.12. The first-order chi connectivity index (χ1) is 10.6. The van der Waals surface area contributed by atoms with Crippen molar-refractivity contribution in [3.8, 4) is 5.75 Å². The van der Waals surface area contributed by atoms with Crippen LogP contribution in [0.5, 0.6) is 5.75 Å². The van der Waals surface area contributed by atoms with E-state index < -0.39 is 21.8 Å². The van der Waals surface area contributed by atoms with E-state index in [1.165, 1.54) is 19.2 Å². The summed E-state index contributed by atoms with van der Waals surface area (Å²) in [6, 6.07) is 3.58. The molecule has 0 saturated carbocycles. The van der Waals surface area contributed by atoms with Crippen molar-refractivity contribution in [3.05, 3.63) is 35.5 Å². The summed E-state index contributed by atoms with van der Waals surface area (Å²) in [5.74, 6) is 0.0897. The van der Waals surface area contributed by atoms with Crippen LogP contribution in [0, 0.1) is 0 Å². The Kier molecular flexibility index (Phi) is 4.82. The number of nitrogens with zero attached hydrogens (tertiary/aromatic N) is 1. The Morgan fingerprint density at radius 3 is 2.61 bits per heavy atom. The van der Waals surface area contributed by atoms with E-state index >= 15 is 0 Å². The Hall–Kier alpha value is -1.85. The minimum absolute atomic E-state index is 0.0225. The van der Waals surface area contributed by atoms with Crippen molar-refractivity contribution in [2.24, 2.45) is 5.14 Å². The van der Waals surface area contributed by atoms with Crippen molar-refractivity contribution >= 4 is 26.5 Å². The average molecular weight is 367 g/mol. The number of rotatable bonds is 5. The van der Waals surface area contributed by atoms with Gasteiger partial charge in [-0.15, -0.1) is 0 Å². The number of hydrogen-bond donors (Lipinski definition) is 2. The molecule has 0 aliphatic rings. The zero-order valence-electron chi connectivity index (χ0n) is 11.7. The van der Waals surface area contributed by atoms with E-state index in [1.807, 2.05) is 0 Å². The average Bonchev–Trinajstić information content (AvgIpc) is 2.93. The van der Waals surface area contributed by atoms with Gasteiger partial charge in [0.25, 0.3) is 0 Å². The van der Waals surface area contributed by atoms with Crippen molar-refractivity contribution in [2.45, 2.75) is 16.9 Å². The van der Waals surface area contributed by atoms with Gasteiger partial charge in [-0.3, -0.25) is 0 Å². The molecule has 11 heteroatoms. The van der Waals surface area contributed by atoms with E-state index in [0.717, 1.165) is 23.6 Å². The zero-order valence-corrected chi connectivity index (χ0v) is 13.3. The Labute approximate surface area is 134 Å². The van der Waals surface area contributed by atoms with Crippen LogP contribution < -0.4 is 15.2 Å². The molecule has 0 radical (unpaired) electrons. The fraction of sp³-hybridized carbons (Fsp3) is 0.250. The van der Waals surface area contributed by atoms with Gasteiger partial charge < -0.3 is 10.1 Å². The number of thiazole rings is 1. The highest BCUT2D eigenvalue weighted by Gasteiger charge is 2.33. The molecule has 1 aromatic heterocycles. The van der Waals surface area contributed by atoms with Crippen LogP contribution in [0.25, 0.3) is 0 Å². The molecule has 6 nitrogen and oxygen atoms in total. The summed E-state index contributed by atoms with van der Waals surface area (Å²) in [6.07, 6.45) is -3.50. The number of ether oxygens (including phenoxy) is 1. The Bertz CT molecular complexity index is 803. The van der Waals surface area contributed by atoms with E-state index in [9.17, 15) is 21.6 Å². The molecule has 126 valence electrons. The number of hydrogen-bond acceptors (Lipinski definition) is 6. The summed E-state index contributed by atoms with van der Waals surface area (Å²) in [4.78, 5) is 3.77. The summed E-state index contributed by atoms with van der Waals surface area (Å²) in [5.41, 5.74) is -0.863. The van der Waals surface area contributed by atoms with Gasteiger partial charge >= 0.3 is 6.18 Å². The van der Waals surface area contributed by atoms with Gasteiger partial charge in [-0.05, 0) is 17.7 Å². The summed E-state index contributed by atoms with van der Waals surface area (Å²) >= 11 is 0.739. The van der Waals surface area contributed by atoms with Crippen molar-refractivity contribution in [2.75, 3.05) is 12.4 Å². The Morgan fingerprint density at radius 2 is 2.09 bits per heavy atom. The van der Waals surface area contributed by atoms with E-state index in [0.29, 0.717) is 0 Å². The topological polar surface area (TPSA) is 94.3 Å². The molecule has 3 N–H and O–H groups in total. The smallest absolute Gasteiger partial charge is 0.416 e. The molecule has 0 fully saturated rings. The number of nitrogens with one attached hydrogen (secondary N) is 1. The third kappa shape index (κ3) is 4.33. The number of benzene rings is 1. The van der Waals surface area contributed by atoms with Gasteiger partial charge in [0.2, 0.25) is 10.0 Å². The van der Waals surface area contributed by atoms with Gasteiger partial charge in [-0.2, -0.15) is 13.2 Å². The summed E-state index contributed by atoms with van der Waals surface area (Å²) in [5, 5.41) is 7.74. The molecule has 1 aromatic carbocycles. The predicted molar refractivity (Wildman–Crippen MR) is 78.8 cm³/mol. The largest absolute Gasteiger partial charge is 0.497 e. The van der Waals surface area contributed by atoms with Crippen LogP contribution in [0.3, 0.4) is 0 Å². The highest BCUT2D eigenvalue weighted by Crippen LogP contribution is 2.35. The first-order valence-electron chi connectivity index (χ1n) is 6.08. The number of methoxy groups -OCH3 is 1. The number of sulfonamides is 1. The van der Waals surface area contributed by atoms with Crippen molar-refractivity contribution < 1.29 is 26.3 Å². The molecule has 1 heterocycles. The maximum Gasteiger partial charge on any atom is 0.416 e. The zero-order chi connectivity index (χ0) is 17.3. The molecule has 2 rings (SSSR count). The molecular weight excluding hydrogens is 355 g/mol. The van der Waals surface area contributed by atoms with Crippen molar-refractivity contribution in [1.29, 1.82) is 0 Å². The van der Waals surface area contributed by atoms with Gasteiger partial charge in [-0.1, -0.05) is 17.4 Å². The van der Waals surface area contributed by atoms with Gasteiger partial charge in [0, 0.05) is 6.54 Å². The van der Waals surface area contributed by atoms with Gasteiger partial charge in [0.05, 0.1) is 18.9 Å². The third-order valence-corrected chi connectivity index (χ3v) is 5.18. The summed E-state index contributed by atoms with van der Waals surface area (Å²) < 4.78 is 66.1. The number of halogens is 3. The molecule has 0 unspecified atom stereocenters. The summed E-state index contributed by atoms with van der Waals surface area (Å²) in [6.45, 7) is -0.184. The minimum atomic E-state index is -4.54. The molecule has 0 saturated heterocycles. The molecule has 0 atom stereocenters. The van der Waals surface area contributed by atoms with E-state index in [-0.39, 0.29) is 27.2 Å². The predicted octanol–water partition coefficient (Wildman–Crippen LogP) is 2.43. The number of aromatic nitrogens is 1. The number of primary sulfonamides is 1. The summed E-state index contributed by atoms with van der Waals surface area (Å²) in [7, 11) is -2.61. The first kappa shape index (κ1) is 17.5. The molecule has 0 aliphatic heterocycles. The fourth-order valence-electron chi connectivity index (χ4n) is 1.74. The fourth-order valence-corrected chi connectivity index (χ4v) is 3.19. The Morgan fingerprint density at radius 1 is 1.39 bits per heavy atom. The van der Waals surface area contributed by atoms with Crippen LogP contribution >= 0.6 is 11.3 Å². The van der Waals surface area contributed by atoms with E-state index in [1.54, 1.807) is 0 Å². The van der Waals surface area contributed by atoms with Crippen LogP contribution in [-0.4, -0.2) is 20.5 Å². The van der Waals surface area contributed by atoms with E-state index in [2.05, 4.69) is 10.3 Å². The third-order valence-electron chi connectivity index (χ3n) is 2.82. The molecule has 0 amide bonds. The van der Waals surface area contributed by atoms with Crippen LogP contribution in [0.4, 0.5) is 18.3 Å². The van der Waals surface area contributed by atoms with Crippen LogP contribution in [0.2, 0.25) is 0 Å². The van der Waals surface area contributed by atoms with Crippen LogP contribution in [0.15, 0.2) is 28.6 Å². The molecule has 2 aromatic rings. The van der Waals surface area contributed by atoms with Crippen LogP contribution in [-0.2, 0) is 22.7 Å². The molecule has 0 spiro atoms. The lowest BCUT2D eigenvalue weighted by Gasteiger charge is -2.14. The lowest BCUT2D eigenvalue weighted by molar-refractivity contribution is -0.138. The number of nitrogens with two attached hydrogens (primary N) is 1. The minimum Gasteiger partial charge on any atom is -0.497 e. The second-order valence-corrected chi connectivity index (χ2v) is 7.22. The monoisotopic (exact) mass is 367 g/mol.